The van der Waals surface area contributed by atoms with E-state index in [1.165, 1.54) is 0 Å². The Kier molecular flexibility index (Phi) is 9.08. The molecule has 0 bridgehead atoms. The van der Waals surface area contributed by atoms with Crippen molar-refractivity contribution in [1.82, 2.24) is 0 Å². The fourth-order valence-electron chi connectivity index (χ4n) is 3.16. The Morgan fingerprint density at radius 3 is 1.59 bits per heavy atom. The van der Waals surface area contributed by atoms with Gasteiger partial charge in [-0.05, 0) is 40.4 Å². The van der Waals surface area contributed by atoms with E-state index in [0.717, 1.165) is 22.3 Å². The predicted octanol–water partition coefficient (Wildman–Crippen LogP) is 8.34. The van der Waals surface area contributed by atoms with Crippen LogP contribution >= 0.6 is 7.60 Å². The molecule has 0 unspecified atom stereocenters. The zero-order chi connectivity index (χ0) is 24.7. The molecular formula is C28H37O4PSi. The zero-order valence-electron chi connectivity index (χ0n) is 21.0. The lowest BCUT2D eigenvalue weighted by Gasteiger charge is -2.36. The zero-order valence-corrected chi connectivity index (χ0v) is 22.9. The molecule has 0 aromatic heterocycles. The molecule has 0 N–H and O–H groups in total. The van der Waals surface area contributed by atoms with Crippen molar-refractivity contribution in [2.24, 2.45) is 0 Å². The molecule has 0 aliphatic heterocycles. The minimum atomic E-state index is -3.44. The van der Waals surface area contributed by atoms with E-state index in [0.29, 0.717) is 6.61 Å². The standard InChI is InChI=1S/C28H37O4PSi/c1-28(2,3)34(4,5)32-22-26-18-12-13-19-27(26)23-33(29,30-20-24-14-8-6-9-15-24)31-21-25-16-10-7-11-17-25/h6-19H,20-23H2,1-5H3. The van der Waals surface area contributed by atoms with Crippen molar-refractivity contribution in [2.45, 2.75) is 64.9 Å². The molecule has 0 atom stereocenters. The van der Waals surface area contributed by atoms with Gasteiger partial charge in [-0.25, -0.2) is 0 Å². The van der Waals surface area contributed by atoms with Crippen molar-refractivity contribution in [1.29, 1.82) is 0 Å². The summed E-state index contributed by atoms with van der Waals surface area (Å²) in [6, 6.07) is 27.5. The average molecular weight is 497 g/mol. The molecule has 0 saturated carbocycles. The third-order valence-corrected chi connectivity index (χ3v) is 12.7. The van der Waals surface area contributed by atoms with Gasteiger partial charge in [0, 0.05) is 0 Å². The van der Waals surface area contributed by atoms with Crippen LogP contribution in [0.3, 0.4) is 0 Å². The van der Waals surface area contributed by atoms with Gasteiger partial charge in [-0.1, -0.05) is 106 Å². The molecule has 3 aromatic carbocycles. The van der Waals surface area contributed by atoms with Crippen LogP contribution in [0.25, 0.3) is 0 Å². The molecule has 3 aromatic rings. The van der Waals surface area contributed by atoms with Crippen LogP contribution in [-0.2, 0) is 44.0 Å². The third kappa shape index (κ3) is 7.76. The van der Waals surface area contributed by atoms with Crippen LogP contribution in [0.2, 0.25) is 18.1 Å². The molecule has 0 spiro atoms. The molecule has 0 aliphatic rings. The fraction of sp³-hybridized carbons (Fsp3) is 0.357. The number of hydrogen-bond donors (Lipinski definition) is 0. The van der Waals surface area contributed by atoms with Crippen LogP contribution in [0.15, 0.2) is 84.9 Å². The summed E-state index contributed by atoms with van der Waals surface area (Å²) in [4.78, 5) is 0. The van der Waals surface area contributed by atoms with Crippen LogP contribution in [0.5, 0.6) is 0 Å². The van der Waals surface area contributed by atoms with Crippen molar-refractivity contribution >= 4 is 15.9 Å². The topological polar surface area (TPSA) is 44.8 Å². The van der Waals surface area contributed by atoms with Crippen molar-refractivity contribution in [3.8, 4) is 0 Å². The molecule has 0 saturated heterocycles. The van der Waals surface area contributed by atoms with Crippen molar-refractivity contribution in [2.75, 3.05) is 0 Å². The van der Waals surface area contributed by atoms with E-state index in [-0.39, 0.29) is 24.4 Å². The first-order valence-electron chi connectivity index (χ1n) is 11.7. The largest absolute Gasteiger partial charge is 0.413 e. The van der Waals surface area contributed by atoms with Gasteiger partial charge in [0.25, 0.3) is 0 Å². The molecule has 0 heterocycles. The van der Waals surface area contributed by atoms with Gasteiger partial charge in [0.15, 0.2) is 8.32 Å². The molecule has 4 nitrogen and oxygen atoms in total. The highest BCUT2D eigenvalue weighted by atomic mass is 31.2. The summed E-state index contributed by atoms with van der Waals surface area (Å²) < 4.78 is 32.4. The number of benzene rings is 3. The quantitative estimate of drug-likeness (QED) is 0.198. The van der Waals surface area contributed by atoms with E-state index in [4.69, 9.17) is 13.5 Å². The lowest BCUT2D eigenvalue weighted by atomic mass is 10.1. The molecule has 0 amide bonds. The molecule has 182 valence electrons. The highest BCUT2D eigenvalue weighted by Crippen LogP contribution is 2.53. The maximum atomic E-state index is 14.0. The van der Waals surface area contributed by atoms with E-state index in [1.807, 2.05) is 84.9 Å². The maximum absolute atomic E-state index is 14.0. The van der Waals surface area contributed by atoms with Gasteiger partial charge in [-0.3, -0.25) is 4.57 Å². The van der Waals surface area contributed by atoms with Crippen LogP contribution < -0.4 is 0 Å². The lowest BCUT2D eigenvalue weighted by molar-refractivity contribution is 0.190. The molecule has 3 rings (SSSR count). The van der Waals surface area contributed by atoms with Crippen LogP contribution in [0.4, 0.5) is 0 Å². The molecule has 0 aliphatic carbocycles. The summed E-state index contributed by atoms with van der Waals surface area (Å²) in [5, 5.41) is 0.120. The summed E-state index contributed by atoms with van der Waals surface area (Å²) in [6.07, 6.45) is 0.198. The number of rotatable bonds is 11. The maximum Gasteiger partial charge on any atom is 0.335 e. The second-order valence-electron chi connectivity index (χ2n) is 10.1. The van der Waals surface area contributed by atoms with E-state index in [2.05, 4.69) is 33.9 Å². The van der Waals surface area contributed by atoms with E-state index >= 15 is 0 Å². The van der Waals surface area contributed by atoms with Gasteiger partial charge in [0.2, 0.25) is 0 Å². The number of hydrogen-bond acceptors (Lipinski definition) is 4. The van der Waals surface area contributed by atoms with Gasteiger partial charge in [0.05, 0.1) is 26.0 Å². The van der Waals surface area contributed by atoms with Crippen LogP contribution in [0.1, 0.15) is 43.0 Å². The van der Waals surface area contributed by atoms with Crippen molar-refractivity contribution in [3.05, 3.63) is 107 Å². The molecular weight excluding hydrogens is 459 g/mol. The normalized spacial score (nSPS) is 12.6. The summed E-state index contributed by atoms with van der Waals surface area (Å²) in [7, 11) is -5.36. The fourth-order valence-corrected chi connectivity index (χ4v) is 5.78. The van der Waals surface area contributed by atoms with Crippen molar-refractivity contribution < 1.29 is 18.0 Å². The third-order valence-electron chi connectivity index (χ3n) is 6.42. The highest BCUT2D eigenvalue weighted by molar-refractivity contribution is 7.52. The Labute approximate surface area is 206 Å². The van der Waals surface area contributed by atoms with E-state index in [1.54, 1.807) is 0 Å². The van der Waals surface area contributed by atoms with Gasteiger partial charge in [-0.15, -0.1) is 0 Å². The second-order valence-corrected chi connectivity index (χ2v) is 17.0. The smallest absolute Gasteiger partial charge is 0.335 e. The van der Waals surface area contributed by atoms with Crippen LogP contribution in [0, 0.1) is 0 Å². The van der Waals surface area contributed by atoms with Gasteiger partial charge >= 0.3 is 7.60 Å². The summed E-state index contributed by atoms with van der Waals surface area (Å²) in [5.41, 5.74) is 3.88. The Balaban J connectivity index is 1.79. The highest BCUT2D eigenvalue weighted by Gasteiger charge is 2.37. The molecule has 34 heavy (non-hydrogen) atoms. The SMILES string of the molecule is CC(C)(C)[Si](C)(C)OCc1ccccc1CP(=O)(OCc1ccccc1)OCc1ccccc1. The Bertz CT molecular complexity index is 1030. The minimum Gasteiger partial charge on any atom is -0.413 e. The summed E-state index contributed by atoms with van der Waals surface area (Å²) >= 11 is 0. The van der Waals surface area contributed by atoms with Crippen molar-refractivity contribution in [3.63, 3.8) is 0 Å². The van der Waals surface area contributed by atoms with Gasteiger partial charge in [-0.2, -0.15) is 0 Å². The molecule has 6 heteroatoms. The lowest BCUT2D eigenvalue weighted by Crippen LogP contribution is -2.40. The summed E-state index contributed by atoms with van der Waals surface area (Å²) in [6.45, 7) is 12.1. The second kappa shape index (κ2) is 11.6. The Morgan fingerprint density at radius 1 is 0.676 bits per heavy atom. The first kappa shape index (κ1) is 26.6. The van der Waals surface area contributed by atoms with Gasteiger partial charge in [0.1, 0.15) is 0 Å². The summed E-state index contributed by atoms with van der Waals surface area (Å²) in [5.74, 6) is 0. The minimum absolute atomic E-state index is 0.120. The van der Waals surface area contributed by atoms with E-state index < -0.39 is 15.9 Å². The molecule has 0 fully saturated rings. The first-order chi connectivity index (χ1) is 16.1. The molecule has 0 radical (unpaired) electrons. The Morgan fingerprint density at radius 2 is 1.12 bits per heavy atom. The van der Waals surface area contributed by atoms with Gasteiger partial charge < -0.3 is 13.5 Å². The van der Waals surface area contributed by atoms with Crippen LogP contribution in [-0.4, -0.2) is 8.32 Å². The predicted molar refractivity (Wildman–Crippen MR) is 142 cm³/mol. The first-order valence-corrected chi connectivity index (χ1v) is 16.4. The van der Waals surface area contributed by atoms with E-state index in [9.17, 15) is 4.57 Å². The Hall–Kier alpha value is -2.01. The monoisotopic (exact) mass is 496 g/mol. The average Bonchev–Trinajstić information content (AvgIpc) is 2.82.